The van der Waals surface area contributed by atoms with E-state index in [1.54, 1.807) is 6.07 Å². The molecule has 3 rings (SSSR count). The van der Waals surface area contributed by atoms with E-state index < -0.39 is 29.6 Å². The Bertz CT molecular complexity index is 1050. The lowest BCUT2D eigenvalue weighted by atomic mass is 10.2. The first-order chi connectivity index (χ1) is 14.8. The van der Waals surface area contributed by atoms with Crippen LogP contribution in [-0.2, 0) is 11.3 Å². The van der Waals surface area contributed by atoms with Gasteiger partial charge in [0.05, 0.1) is 22.2 Å². The number of likely N-dealkylation sites (tertiary alicyclic amines) is 1. The van der Waals surface area contributed by atoms with E-state index in [0.717, 1.165) is 17.4 Å². The Labute approximate surface area is 186 Å². The normalized spacial score (nSPS) is 14.2. The Hall–Kier alpha value is -3.11. The number of rotatable bonds is 6. The molecule has 3 amide bonds. The van der Waals surface area contributed by atoms with Gasteiger partial charge in [0, 0.05) is 19.3 Å². The predicted molar refractivity (Wildman–Crippen MR) is 114 cm³/mol. The Morgan fingerprint density at radius 1 is 1.13 bits per heavy atom. The minimum Gasteiger partial charge on any atom is -0.480 e. The lowest BCUT2D eigenvalue weighted by Gasteiger charge is -2.21. The summed E-state index contributed by atoms with van der Waals surface area (Å²) in [4.78, 5) is 53.7. The van der Waals surface area contributed by atoms with Gasteiger partial charge in [0.1, 0.15) is 11.9 Å². The molecule has 0 aliphatic carbocycles. The molecule has 2 aromatic rings. The first-order valence-electron chi connectivity index (χ1n) is 9.37. The number of anilines is 1. The lowest BCUT2D eigenvalue weighted by Crippen LogP contribution is -2.49. The summed E-state index contributed by atoms with van der Waals surface area (Å²) in [5.41, 5.74) is -0.767. The van der Waals surface area contributed by atoms with Gasteiger partial charge in [-0.05, 0) is 31.0 Å². The van der Waals surface area contributed by atoms with Crippen LogP contribution in [-0.4, -0.2) is 56.6 Å². The quantitative estimate of drug-likeness (QED) is 0.595. The van der Waals surface area contributed by atoms with Gasteiger partial charge in [-0.2, -0.15) is 4.98 Å². The molecule has 1 atom stereocenters. The summed E-state index contributed by atoms with van der Waals surface area (Å²) in [5, 5.41) is 14.5. The molecule has 0 saturated carbocycles. The number of hydrogen-bond acceptors (Lipinski definition) is 5. The summed E-state index contributed by atoms with van der Waals surface area (Å²) in [6.45, 7) is 0.790. The highest BCUT2D eigenvalue weighted by Crippen LogP contribution is 2.24. The van der Waals surface area contributed by atoms with Gasteiger partial charge in [-0.3, -0.25) is 9.36 Å². The van der Waals surface area contributed by atoms with Crippen molar-refractivity contribution in [1.82, 2.24) is 19.8 Å². The molecule has 1 aliphatic rings. The summed E-state index contributed by atoms with van der Waals surface area (Å²) < 4.78 is 1.03. The van der Waals surface area contributed by atoms with Crippen molar-refractivity contribution >= 4 is 46.9 Å². The Morgan fingerprint density at radius 3 is 2.35 bits per heavy atom. The third-order valence-electron chi connectivity index (χ3n) is 4.67. The van der Waals surface area contributed by atoms with Gasteiger partial charge in [-0.1, -0.05) is 29.3 Å². The number of nitrogens with zero attached hydrogens (tertiary/aromatic N) is 3. The number of carbonyl (C=O) groups excluding carboxylic acids is 2. The zero-order valence-electron chi connectivity index (χ0n) is 16.2. The molecule has 1 aromatic heterocycles. The monoisotopic (exact) mass is 467 g/mol. The molecule has 164 valence electrons. The average molecular weight is 468 g/mol. The number of nitrogens with one attached hydrogen (secondary N) is 2. The predicted octanol–water partition coefficient (Wildman–Crippen LogP) is 2.06. The smallest absolute Gasteiger partial charge is 0.349 e. The number of carboxylic acids is 1. The molecule has 3 N–H and O–H groups in total. The third-order valence-corrected chi connectivity index (χ3v) is 5.30. The van der Waals surface area contributed by atoms with Crippen LogP contribution in [0.3, 0.4) is 0 Å². The van der Waals surface area contributed by atoms with Crippen molar-refractivity contribution in [2.75, 3.05) is 18.4 Å². The van der Waals surface area contributed by atoms with Gasteiger partial charge in [0.2, 0.25) is 0 Å². The van der Waals surface area contributed by atoms with Crippen LogP contribution >= 0.6 is 23.2 Å². The van der Waals surface area contributed by atoms with Crippen LogP contribution < -0.4 is 16.3 Å². The van der Waals surface area contributed by atoms with E-state index in [2.05, 4.69) is 15.6 Å². The maximum Gasteiger partial charge on any atom is 0.349 e. The molecule has 2 heterocycles. The zero-order valence-corrected chi connectivity index (χ0v) is 17.7. The molecule has 0 radical (unpaired) electrons. The Kier molecular flexibility index (Phi) is 7.13. The topological polar surface area (TPSA) is 134 Å². The van der Waals surface area contributed by atoms with E-state index in [0.29, 0.717) is 13.1 Å². The number of benzene rings is 1. The van der Waals surface area contributed by atoms with Crippen molar-refractivity contribution in [3.05, 3.63) is 56.6 Å². The van der Waals surface area contributed by atoms with E-state index in [9.17, 15) is 24.3 Å². The maximum absolute atomic E-state index is 12.4. The number of urea groups is 1. The van der Waals surface area contributed by atoms with Crippen molar-refractivity contribution < 1.29 is 19.5 Å². The van der Waals surface area contributed by atoms with Crippen LogP contribution in [0.15, 0.2) is 35.3 Å². The molecule has 1 aromatic carbocycles. The van der Waals surface area contributed by atoms with E-state index >= 15 is 0 Å². The summed E-state index contributed by atoms with van der Waals surface area (Å²) in [5.74, 6) is -2.00. The van der Waals surface area contributed by atoms with Crippen LogP contribution in [0.5, 0.6) is 0 Å². The van der Waals surface area contributed by atoms with E-state index in [1.807, 2.05) is 0 Å². The molecule has 1 fully saturated rings. The van der Waals surface area contributed by atoms with Gasteiger partial charge in [-0.15, -0.1) is 0 Å². The molecular formula is C19H19Cl2N5O5. The van der Waals surface area contributed by atoms with Crippen molar-refractivity contribution in [2.24, 2.45) is 0 Å². The van der Waals surface area contributed by atoms with Gasteiger partial charge in [-0.25, -0.2) is 14.4 Å². The molecular weight excluding hydrogens is 449 g/mol. The molecule has 0 unspecified atom stereocenters. The fourth-order valence-electron chi connectivity index (χ4n) is 3.07. The van der Waals surface area contributed by atoms with Crippen LogP contribution in [0.1, 0.15) is 23.2 Å². The highest BCUT2D eigenvalue weighted by Gasteiger charge is 2.25. The standard InChI is InChI=1S/C19H19Cl2N5O5/c20-11-4-3-5-12(21)15(11)16(27)23-14-6-9-26(19(31)24-14)10-13(17(28)29)22-18(30)25-7-1-2-8-25/h3-6,9,13H,1-2,7-8,10H2,(H,22,30)(H,28,29)(H,23,24,27,31)/t13-/m0/s1. The number of aliphatic carboxylic acids is 1. The number of amides is 3. The van der Waals surface area contributed by atoms with Crippen LogP contribution in [0.25, 0.3) is 0 Å². The fourth-order valence-corrected chi connectivity index (χ4v) is 3.64. The second-order valence-corrected chi connectivity index (χ2v) is 7.65. The minimum absolute atomic E-state index is 0.0346. The molecule has 1 saturated heterocycles. The van der Waals surface area contributed by atoms with E-state index in [1.165, 1.54) is 29.3 Å². The number of hydrogen-bond donors (Lipinski definition) is 3. The molecule has 12 heteroatoms. The fraction of sp³-hybridized carbons (Fsp3) is 0.316. The summed E-state index contributed by atoms with van der Waals surface area (Å²) >= 11 is 12.0. The summed E-state index contributed by atoms with van der Waals surface area (Å²) in [6, 6.07) is 4.08. The molecule has 31 heavy (non-hydrogen) atoms. The van der Waals surface area contributed by atoms with Gasteiger partial charge in [0.25, 0.3) is 5.91 Å². The van der Waals surface area contributed by atoms with Crippen molar-refractivity contribution in [1.29, 1.82) is 0 Å². The van der Waals surface area contributed by atoms with Crippen LogP contribution in [0, 0.1) is 0 Å². The van der Waals surface area contributed by atoms with Crippen molar-refractivity contribution in [2.45, 2.75) is 25.4 Å². The van der Waals surface area contributed by atoms with Crippen molar-refractivity contribution in [3.8, 4) is 0 Å². The van der Waals surface area contributed by atoms with E-state index in [-0.39, 0.29) is 28.0 Å². The minimum atomic E-state index is -1.32. The summed E-state index contributed by atoms with van der Waals surface area (Å²) in [7, 11) is 0. The van der Waals surface area contributed by atoms with Crippen molar-refractivity contribution in [3.63, 3.8) is 0 Å². The molecule has 10 nitrogen and oxygen atoms in total. The first-order valence-corrected chi connectivity index (χ1v) is 10.1. The SMILES string of the molecule is O=C(Nc1ccn(C[C@H](NC(=O)N2CCCC2)C(=O)O)c(=O)n1)c1c(Cl)cccc1Cl. The second kappa shape index (κ2) is 9.80. The number of halogens is 2. The first kappa shape index (κ1) is 22.6. The lowest BCUT2D eigenvalue weighted by molar-refractivity contribution is -0.139. The highest BCUT2D eigenvalue weighted by molar-refractivity contribution is 6.40. The highest BCUT2D eigenvalue weighted by atomic mass is 35.5. The van der Waals surface area contributed by atoms with Crippen LogP contribution in [0.2, 0.25) is 10.0 Å². The van der Waals surface area contributed by atoms with Gasteiger partial charge in [0.15, 0.2) is 0 Å². The number of carboxylic acid groups (broad SMARTS) is 1. The Morgan fingerprint density at radius 2 is 1.77 bits per heavy atom. The third kappa shape index (κ3) is 5.53. The number of aromatic nitrogens is 2. The largest absolute Gasteiger partial charge is 0.480 e. The number of carbonyl (C=O) groups is 3. The molecule has 0 bridgehead atoms. The van der Waals surface area contributed by atoms with E-state index in [4.69, 9.17) is 23.2 Å². The second-order valence-electron chi connectivity index (χ2n) is 6.83. The van der Waals surface area contributed by atoms with Gasteiger partial charge >= 0.3 is 17.7 Å². The Balaban J connectivity index is 1.70. The summed E-state index contributed by atoms with van der Waals surface area (Å²) in [6.07, 6.45) is 3.00. The van der Waals surface area contributed by atoms with Crippen LogP contribution in [0.4, 0.5) is 10.6 Å². The average Bonchev–Trinajstić information content (AvgIpc) is 3.24. The maximum atomic E-state index is 12.4. The van der Waals surface area contributed by atoms with Gasteiger partial charge < -0.3 is 20.6 Å². The zero-order chi connectivity index (χ0) is 22.5. The molecule has 1 aliphatic heterocycles. The molecule has 0 spiro atoms.